The van der Waals surface area contributed by atoms with E-state index in [4.69, 9.17) is 25.8 Å². The number of hydrogen-bond donors (Lipinski definition) is 1. The van der Waals surface area contributed by atoms with E-state index in [1.54, 1.807) is 23.7 Å². The molecular weight excluding hydrogens is 494 g/mol. The van der Waals surface area contributed by atoms with Gasteiger partial charge in [0.1, 0.15) is 11.4 Å². The smallest absolute Gasteiger partial charge is 0.262 e. The summed E-state index contributed by atoms with van der Waals surface area (Å²) >= 11 is 7.54. The molecule has 0 saturated carbocycles. The number of alkyl halides is 1. The highest BCUT2D eigenvalue weighted by Crippen LogP contribution is 2.45. The van der Waals surface area contributed by atoms with E-state index in [0.29, 0.717) is 27.7 Å². The number of aryl methyl sites for hydroxylation is 1. The van der Waals surface area contributed by atoms with Gasteiger partial charge in [0.05, 0.1) is 32.6 Å². The zero-order valence-electron chi connectivity index (χ0n) is 19.5. The van der Waals surface area contributed by atoms with Gasteiger partial charge in [-0.3, -0.25) is 19.8 Å². The van der Waals surface area contributed by atoms with Gasteiger partial charge in [-0.1, -0.05) is 18.2 Å². The average molecular weight is 518 g/mol. The van der Waals surface area contributed by atoms with Crippen LogP contribution in [0.15, 0.2) is 52.2 Å². The van der Waals surface area contributed by atoms with Crippen molar-refractivity contribution in [2.75, 3.05) is 27.1 Å². The molecule has 4 rings (SSSR count). The minimum Gasteiger partial charge on any atom is -0.493 e. The fourth-order valence-electron chi connectivity index (χ4n) is 3.98. The summed E-state index contributed by atoms with van der Waals surface area (Å²) < 4.78 is 17.7. The van der Waals surface area contributed by atoms with Crippen LogP contribution in [0.5, 0.6) is 17.2 Å². The molecule has 0 aliphatic carbocycles. The quantitative estimate of drug-likeness (QED) is 0.278. The number of ether oxygens (including phenoxy) is 3. The normalized spacial score (nSPS) is 17.2. The van der Waals surface area contributed by atoms with Gasteiger partial charge in [-0.25, -0.2) is 5.01 Å². The van der Waals surface area contributed by atoms with E-state index in [1.165, 1.54) is 44.2 Å². The van der Waals surface area contributed by atoms with E-state index in [0.717, 1.165) is 10.9 Å². The Hall–Kier alpha value is -3.37. The molecule has 1 saturated heterocycles. The van der Waals surface area contributed by atoms with Crippen molar-refractivity contribution in [3.63, 3.8) is 0 Å². The number of pyridine rings is 1. The van der Waals surface area contributed by atoms with Crippen molar-refractivity contribution in [1.29, 1.82) is 0 Å². The highest BCUT2D eigenvalue weighted by molar-refractivity contribution is 8.00. The minimum absolute atomic E-state index is 0.00410. The van der Waals surface area contributed by atoms with Crippen molar-refractivity contribution >= 4 is 46.1 Å². The number of rotatable bonds is 8. The number of β-lactam (4-membered cyclic amide) rings is 1. The van der Waals surface area contributed by atoms with Gasteiger partial charge in [0.2, 0.25) is 11.7 Å². The van der Waals surface area contributed by atoms with E-state index in [9.17, 15) is 14.4 Å². The molecule has 1 fully saturated rings. The topological polar surface area (TPSA) is 99.1 Å². The SMILES string of the molecule is COc1cc([C@H]2[C@@H](Cl)C(=O)N2NC(=O)CSc2cc(=O)n(C)c3ccccc23)cc(OC)c1OC. The Balaban J connectivity index is 1.52. The summed E-state index contributed by atoms with van der Waals surface area (Å²) in [6.07, 6.45) is 0. The zero-order chi connectivity index (χ0) is 25.3. The number of carbonyl (C=O) groups excluding carboxylic acids is 2. The van der Waals surface area contributed by atoms with Crippen molar-refractivity contribution < 1.29 is 23.8 Å². The molecule has 2 aromatic carbocycles. The number of methoxy groups -OCH3 is 3. The number of nitrogens with one attached hydrogen (secondary N) is 1. The van der Waals surface area contributed by atoms with Crippen LogP contribution in [0.25, 0.3) is 10.9 Å². The van der Waals surface area contributed by atoms with Crippen LogP contribution < -0.4 is 25.2 Å². The monoisotopic (exact) mass is 517 g/mol. The lowest BCUT2D eigenvalue weighted by Crippen LogP contribution is -2.63. The van der Waals surface area contributed by atoms with Gasteiger partial charge in [0.15, 0.2) is 11.5 Å². The van der Waals surface area contributed by atoms with E-state index in [-0.39, 0.29) is 11.3 Å². The fourth-order valence-corrected chi connectivity index (χ4v) is 5.20. The largest absolute Gasteiger partial charge is 0.493 e. The molecule has 2 amide bonds. The number of carbonyl (C=O) groups is 2. The first-order valence-electron chi connectivity index (χ1n) is 10.6. The van der Waals surface area contributed by atoms with Gasteiger partial charge in [0, 0.05) is 23.4 Å². The Morgan fingerprint density at radius 1 is 1.06 bits per heavy atom. The Bertz CT molecular complexity index is 1340. The molecule has 184 valence electrons. The summed E-state index contributed by atoms with van der Waals surface area (Å²) in [7, 11) is 6.17. The second kappa shape index (κ2) is 10.1. The molecule has 1 aromatic heterocycles. The highest BCUT2D eigenvalue weighted by Gasteiger charge is 2.49. The third kappa shape index (κ3) is 4.51. The number of para-hydroxylation sites is 1. The maximum Gasteiger partial charge on any atom is 0.262 e. The van der Waals surface area contributed by atoms with Crippen LogP contribution in [-0.4, -0.2) is 53.8 Å². The van der Waals surface area contributed by atoms with Crippen LogP contribution in [0.3, 0.4) is 0 Å². The predicted octanol–water partition coefficient (Wildman–Crippen LogP) is 2.88. The van der Waals surface area contributed by atoms with Gasteiger partial charge < -0.3 is 18.8 Å². The second-order valence-corrected chi connectivity index (χ2v) is 9.25. The molecule has 1 aliphatic heterocycles. The van der Waals surface area contributed by atoms with E-state index < -0.39 is 23.2 Å². The van der Waals surface area contributed by atoms with Crippen molar-refractivity contribution in [3.05, 3.63) is 58.4 Å². The first-order valence-corrected chi connectivity index (χ1v) is 12.0. The van der Waals surface area contributed by atoms with Gasteiger partial charge >= 0.3 is 0 Å². The molecule has 2 heterocycles. The first kappa shape index (κ1) is 24.7. The van der Waals surface area contributed by atoms with Crippen LogP contribution in [0.4, 0.5) is 0 Å². The van der Waals surface area contributed by atoms with Crippen LogP contribution in [0.1, 0.15) is 11.6 Å². The summed E-state index contributed by atoms with van der Waals surface area (Å²) in [5.41, 5.74) is 3.85. The molecule has 2 atom stereocenters. The maximum atomic E-state index is 12.8. The number of hydrogen-bond acceptors (Lipinski definition) is 7. The van der Waals surface area contributed by atoms with Crippen molar-refractivity contribution in [2.24, 2.45) is 7.05 Å². The van der Waals surface area contributed by atoms with Crippen molar-refractivity contribution in [2.45, 2.75) is 16.3 Å². The Kier molecular flexibility index (Phi) is 7.13. The molecular formula is C24H24ClN3O6S. The number of hydrazine groups is 1. The zero-order valence-corrected chi connectivity index (χ0v) is 21.1. The van der Waals surface area contributed by atoms with E-state index >= 15 is 0 Å². The molecule has 35 heavy (non-hydrogen) atoms. The van der Waals surface area contributed by atoms with Crippen molar-refractivity contribution in [3.8, 4) is 17.2 Å². The van der Waals surface area contributed by atoms with E-state index in [2.05, 4.69) is 5.43 Å². The molecule has 1 aliphatic rings. The lowest BCUT2D eigenvalue weighted by molar-refractivity contribution is -0.155. The Labute approximate surface area is 210 Å². The molecule has 11 heteroatoms. The molecule has 9 nitrogen and oxygen atoms in total. The number of halogens is 1. The summed E-state index contributed by atoms with van der Waals surface area (Å²) in [5.74, 6) is 0.380. The number of aromatic nitrogens is 1. The summed E-state index contributed by atoms with van der Waals surface area (Å²) in [6.45, 7) is 0. The summed E-state index contributed by atoms with van der Waals surface area (Å²) in [5, 5.41) is 1.19. The number of fused-ring (bicyclic) bond motifs is 1. The van der Waals surface area contributed by atoms with Gasteiger partial charge in [0.25, 0.3) is 11.5 Å². The summed E-state index contributed by atoms with van der Waals surface area (Å²) in [6, 6.07) is 11.7. The Morgan fingerprint density at radius 3 is 2.34 bits per heavy atom. The first-order chi connectivity index (χ1) is 16.8. The fraction of sp³-hybridized carbons (Fsp3) is 0.292. The van der Waals surface area contributed by atoms with Crippen LogP contribution >= 0.6 is 23.4 Å². The maximum absolute atomic E-state index is 12.8. The molecule has 3 aromatic rings. The lowest BCUT2D eigenvalue weighted by atomic mass is 9.94. The van der Waals surface area contributed by atoms with E-state index in [1.807, 2.05) is 24.3 Å². The summed E-state index contributed by atoms with van der Waals surface area (Å²) in [4.78, 5) is 38.2. The van der Waals surface area contributed by atoms with Gasteiger partial charge in [-0.05, 0) is 23.8 Å². The Morgan fingerprint density at radius 2 is 1.71 bits per heavy atom. The standard InChI is InChI=1S/C24H24ClN3O6S/c1-27-15-8-6-5-7-14(15)18(11-20(27)30)35-12-19(29)26-28-22(21(25)24(28)31)13-9-16(32-2)23(34-4)17(10-13)33-3/h5-11,21-22H,12H2,1-4H3,(H,26,29)/t21-,22+/m1/s1. The van der Waals surface area contributed by atoms with Crippen LogP contribution in [-0.2, 0) is 16.6 Å². The number of benzene rings is 2. The highest BCUT2D eigenvalue weighted by atomic mass is 35.5. The number of nitrogens with zero attached hydrogens (tertiary/aromatic N) is 2. The average Bonchev–Trinajstić information content (AvgIpc) is 2.88. The van der Waals surface area contributed by atoms with Gasteiger partial charge in [-0.2, -0.15) is 0 Å². The molecule has 0 spiro atoms. The van der Waals surface area contributed by atoms with Gasteiger partial charge in [-0.15, -0.1) is 23.4 Å². The van der Waals surface area contributed by atoms with Crippen molar-refractivity contribution in [1.82, 2.24) is 15.0 Å². The number of thioether (sulfide) groups is 1. The molecule has 0 unspecified atom stereocenters. The molecule has 1 N–H and O–H groups in total. The third-order valence-corrected chi connectivity index (χ3v) is 7.26. The molecule has 0 radical (unpaired) electrons. The van der Waals surface area contributed by atoms with Crippen LogP contribution in [0.2, 0.25) is 0 Å². The van der Waals surface area contributed by atoms with Crippen LogP contribution in [0, 0.1) is 0 Å². The molecule has 0 bridgehead atoms. The minimum atomic E-state index is -0.869. The third-order valence-electron chi connectivity index (χ3n) is 5.78. The predicted molar refractivity (Wildman–Crippen MR) is 133 cm³/mol. The second-order valence-electron chi connectivity index (χ2n) is 7.76. The number of amides is 2. The lowest BCUT2D eigenvalue weighted by Gasteiger charge is -2.44.